The predicted molar refractivity (Wildman–Crippen MR) is 94.5 cm³/mol. The Labute approximate surface area is 136 Å². The maximum absolute atomic E-state index is 5.35. The average molecular weight is 315 g/mol. The second kappa shape index (κ2) is 7.22. The summed E-state index contributed by atoms with van der Waals surface area (Å²) in [5, 5.41) is 6.97. The Morgan fingerprint density at radius 3 is 2.55 bits per heavy atom. The van der Waals surface area contributed by atoms with Crippen molar-refractivity contribution in [1.29, 1.82) is 0 Å². The van der Waals surface area contributed by atoms with Crippen molar-refractivity contribution in [1.82, 2.24) is 10.3 Å². The summed E-state index contributed by atoms with van der Waals surface area (Å²) < 4.78 is 5.03. The van der Waals surface area contributed by atoms with Crippen LogP contribution in [0.3, 0.4) is 0 Å². The fraction of sp³-hybridized carbons (Fsp3) is 0.294. The third-order valence-electron chi connectivity index (χ3n) is 3.58. The molecule has 0 saturated carbocycles. The molecule has 1 heterocycles. The molecule has 22 heavy (non-hydrogen) atoms. The lowest BCUT2D eigenvalue weighted by Gasteiger charge is -2.18. The maximum atomic E-state index is 5.35. The molecule has 2 N–H and O–H groups in total. The third-order valence-corrected chi connectivity index (χ3v) is 3.80. The van der Waals surface area contributed by atoms with Crippen LogP contribution >= 0.6 is 12.2 Å². The van der Waals surface area contributed by atoms with Crippen LogP contribution in [-0.4, -0.2) is 17.2 Å². The normalized spacial score (nSPS) is 11.6. The number of ether oxygens (including phenoxy) is 1. The molecule has 0 aliphatic heterocycles. The van der Waals surface area contributed by atoms with Gasteiger partial charge < -0.3 is 15.4 Å². The largest absolute Gasteiger partial charge is 0.481 e. The highest BCUT2D eigenvalue weighted by Crippen LogP contribution is 2.17. The van der Waals surface area contributed by atoms with E-state index in [4.69, 9.17) is 17.0 Å². The van der Waals surface area contributed by atoms with E-state index in [9.17, 15) is 0 Å². The molecule has 1 aromatic carbocycles. The number of thiocarbonyl (C=S) groups is 1. The first kappa shape index (κ1) is 16.2. The summed E-state index contributed by atoms with van der Waals surface area (Å²) in [6.07, 6.45) is 1.69. The lowest BCUT2D eigenvalue weighted by atomic mass is 10.0. The van der Waals surface area contributed by atoms with E-state index in [0.717, 1.165) is 5.69 Å². The second-order valence-corrected chi connectivity index (χ2v) is 5.66. The number of aromatic nitrogens is 1. The van der Waals surface area contributed by atoms with Gasteiger partial charge in [-0.1, -0.05) is 18.2 Å². The van der Waals surface area contributed by atoms with Crippen LogP contribution in [0.2, 0.25) is 0 Å². The summed E-state index contributed by atoms with van der Waals surface area (Å²) in [7, 11) is 1.59. The fourth-order valence-electron chi connectivity index (χ4n) is 2.06. The van der Waals surface area contributed by atoms with E-state index in [-0.39, 0.29) is 6.04 Å². The zero-order valence-electron chi connectivity index (χ0n) is 13.3. The minimum Gasteiger partial charge on any atom is -0.481 e. The zero-order valence-corrected chi connectivity index (χ0v) is 14.1. The maximum Gasteiger partial charge on any atom is 0.213 e. The Balaban J connectivity index is 1.96. The van der Waals surface area contributed by atoms with E-state index in [1.54, 1.807) is 19.4 Å². The molecule has 5 heteroatoms. The van der Waals surface area contributed by atoms with E-state index < -0.39 is 0 Å². The molecule has 2 aromatic rings. The van der Waals surface area contributed by atoms with Crippen molar-refractivity contribution in [2.45, 2.75) is 26.8 Å². The Bertz CT molecular complexity index is 655. The first-order chi connectivity index (χ1) is 10.5. The molecule has 0 spiro atoms. The van der Waals surface area contributed by atoms with E-state index in [2.05, 4.69) is 54.6 Å². The minimum atomic E-state index is 0.130. The Morgan fingerprint density at radius 1 is 1.18 bits per heavy atom. The van der Waals surface area contributed by atoms with Crippen LogP contribution in [-0.2, 0) is 0 Å². The highest BCUT2D eigenvalue weighted by molar-refractivity contribution is 7.80. The number of nitrogens with one attached hydrogen (secondary N) is 2. The van der Waals surface area contributed by atoms with Crippen LogP contribution in [0.4, 0.5) is 5.69 Å². The molecule has 4 nitrogen and oxygen atoms in total. The summed E-state index contributed by atoms with van der Waals surface area (Å²) in [6, 6.07) is 10.2. The SMILES string of the molecule is COc1ccc(NC(=S)N[C@@H](C)c2ccc(C)c(C)c2)cn1. The molecule has 0 amide bonds. The number of rotatable bonds is 4. The van der Waals surface area contributed by atoms with Crippen molar-refractivity contribution in [2.24, 2.45) is 0 Å². The first-order valence-electron chi connectivity index (χ1n) is 7.14. The van der Waals surface area contributed by atoms with Crippen molar-refractivity contribution in [3.63, 3.8) is 0 Å². The Hall–Kier alpha value is -2.14. The summed E-state index contributed by atoms with van der Waals surface area (Å²) in [4.78, 5) is 4.14. The number of methoxy groups -OCH3 is 1. The topological polar surface area (TPSA) is 46.2 Å². The van der Waals surface area contributed by atoms with E-state index in [0.29, 0.717) is 11.0 Å². The van der Waals surface area contributed by atoms with Gasteiger partial charge in [0, 0.05) is 6.07 Å². The summed E-state index contributed by atoms with van der Waals surface area (Å²) in [5.74, 6) is 0.577. The van der Waals surface area contributed by atoms with Crippen LogP contribution in [0.15, 0.2) is 36.5 Å². The molecule has 0 unspecified atom stereocenters. The van der Waals surface area contributed by atoms with E-state index >= 15 is 0 Å². The number of hydrogen-bond acceptors (Lipinski definition) is 3. The van der Waals surface area contributed by atoms with Gasteiger partial charge in [0.05, 0.1) is 25.0 Å². The van der Waals surface area contributed by atoms with Crippen molar-refractivity contribution in [3.8, 4) is 5.88 Å². The standard InChI is InChI=1S/C17H21N3OS/c1-11-5-6-14(9-12(11)2)13(3)19-17(22)20-15-7-8-16(21-4)18-10-15/h5-10,13H,1-4H3,(H2,19,20,22)/t13-/m0/s1. The van der Waals surface area contributed by atoms with E-state index in [1.807, 2.05) is 6.07 Å². The van der Waals surface area contributed by atoms with Gasteiger partial charge in [0.1, 0.15) is 0 Å². The van der Waals surface area contributed by atoms with Gasteiger partial charge in [0.25, 0.3) is 0 Å². The quantitative estimate of drug-likeness (QED) is 0.841. The van der Waals surface area contributed by atoms with Crippen LogP contribution in [0.5, 0.6) is 5.88 Å². The number of pyridine rings is 1. The number of hydrogen-bond donors (Lipinski definition) is 2. The molecule has 1 atom stereocenters. The molecular weight excluding hydrogens is 294 g/mol. The molecule has 0 aliphatic rings. The number of anilines is 1. The summed E-state index contributed by atoms with van der Waals surface area (Å²) >= 11 is 5.35. The third kappa shape index (κ3) is 4.18. The zero-order chi connectivity index (χ0) is 16.1. The van der Waals surface area contributed by atoms with Crippen LogP contribution in [0.25, 0.3) is 0 Å². The van der Waals surface area contributed by atoms with E-state index in [1.165, 1.54) is 16.7 Å². The Morgan fingerprint density at radius 2 is 1.95 bits per heavy atom. The molecule has 0 saturated heterocycles. The average Bonchev–Trinajstić information content (AvgIpc) is 2.50. The van der Waals surface area contributed by atoms with Crippen molar-refractivity contribution in [3.05, 3.63) is 53.2 Å². The lowest BCUT2D eigenvalue weighted by molar-refractivity contribution is 0.398. The van der Waals surface area contributed by atoms with Crippen LogP contribution in [0.1, 0.15) is 29.7 Å². The fourth-order valence-corrected chi connectivity index (χ4v) is 2.35. The van der Waals surface area contributed by atoms with Crippen LogP contribution < -0.4 is 15.4 Å². The molecule has 1 aromatic heterocycles. The minimum absolute atomic E-state index is 0.130. The molecule has 0 radical (unpaired) electrons. The number of aryl methyl sites for hydroxylation is 2. The highest BCUT2D eigenvalue weighted by Gasteiger charge is 2.08. The molecule has 0 fully saturated rings. The Kier molecular flexibility index (Phi) is 5.33. The number of nitrogens with zero attached hydrogens (tertiary/aromatic N) is 1. The van der Waals surface area contributed by atoms with Gasteiger partial charge >= 0.3 is 0 Å². The monoisotopic (exact) mass is 315 g/mol. The lowest BCUT2D eigenvalue weighted by Crippen LogP contribution is -2.31. The summed E-state index contributed by atoms with van der Waals surface area (Å²) in [6.45, 7) is 6.32. The van der Waals surface area contributed by atoms with Gasteiger partial charge in [-0.05, 0) is 55.7 Å². The first-order valence-corrected chi connectivity index (χ1v) is 7.55. The van der Waals surface area contributed by atoms with Crippen LogP contribution in [0, 0.1) is 13.8 Å². The molecular formula is C17H21N3OS. The van der Waals surface area contributed by atoms with Crippen molar-refractivity contribution >= 4 is 23.0 Å². The van der Waals surface area contributed by atoms with Gasteiger partial charge in [-0.3, -0.25) is 0 Å². The number of benzene rings is 1. The molecule has 116 valence electrons. The molecule has 0 bridgehead atoms. The molecule has 2 rings (SSSR count). The smallest absolute Gasteiger partial charge is 0.213 e. The van der Waals surface area contributed by atoms with Gasteiger partial charge in [0.2, 0.25) is 5.88 Å². The summed E-state index contributed by atoms with van der Waals surface area (Å²) in [5.41, 5.74) is 4.61. The van der Waals surface area contributed by atoms with Gasteiger partial charge in [-0.2, -0.15) is 0 Å². The molecule has 0 aliphatic carbocycles. The van der Waals surface area contributed by atoms with Crippen molar-refractivity contribution in [2.75, 3.05) is 12.4 Å². The van der Waals surface area contributed by atoms with Crippen molar-refractivity contribution < 1.29 is 4.74 Å². The van der Waals surface area contributed by atoms with Gasteiger partial charge in [0.15, 0.2) is 5.11 Å². The van der Waals surface area contributed by atoms with Gasteiger partial charge in [-0.25, -0.2) is 4.98 Å². The second-order valence-electron chi connectivity index (χ2n) is 5.25. The van der Waals surface area contributed by atoms with Gasteiger partial charge in [-0.15, -0.1) is 0 Å². The highest BCUT2D eigenvalue weighted by atomic mass is 32.1. The predicted octanol–water partition coefficient (Wildman–Crippen LogP) is 3.75.